The maximum Gasteiger partial charge on any atom is 0.264 e. The molecule has 3 aromatic rings. The van der Waals surface area contributed by atoms with Crippen molar-refractivity contribution in [3.05, 3.63) is 83.9 Å². The number of para-hydroxylation sites is 1. The van der Waals surface area contributed by atoms with Gasteiger partial charge in [0.25, 0.3) is 5.91 Å². The van der Waals surface area contributed by atoms with Gasteiger partial charge in [0.15, 0.2) is 0 Å². The molecule has 0 unspecified atom stereocenters. The molecule has 2 heterocycles. The maximum absolute atomic E-state index is 13.3. The van der Waals surface area contributed by atoms with Crippen LogP contribution in [0.3, 0.4) is 0 Å². The summed E-state index contributed by atoms with van der Waals surface area (Å²) in [6.07, 6.45) is 3.80. The van der Waals surface area contributed by atoms with Crippen molar-refractivity contribution in [2.75, 3.05) is 0 Å². The lowest BCUT2D eigenvalue weighted by molar-refractivity contribution is -0.131. The Balaban J connectivity index is 1.32. The van der Waals surface area contributed by atoms with Gasteiger partial charge in [-0.3, -0.25) is 4.79 Å². The highest BCUT2D eigenvalue weighted by Gasteiger charge is 2.29. The number of oxime groups is 1. The van der Waals surface area contributed by atoms with Gasteiger partial charge in [0.1, 0.15) is 5.82 Å². The van der Waals surface area contributed by atoms with Gasteiger partial charge in [0.2, 0.25) is 6.10 Å². The Hall–Kier alpha value is -3.48. The minimum atomic E-state index is -0.676. The molecule has 1 N–H and O–H groups in total. The molecule has 29 heavy (non-hydrogen) atoms. The normalized spacial score (nSPS) is 16.8. The molecule has 148 valence electrons. The average molecular weight is 392 g/mol. The number of hydrogen-bond donors (Lipinski definition) is 1. The molecule has 0 radical (unpaired) electrons. The van der Waals surface area contributed by atoms with Gasteiger partial charge in [0, 0.05) is 24.6 Å². The van der Waals surface area contributed by atoms with E-state index < -0.39 is 6.10 Å². The molecule has 1 aromatic heterocycles. The van der Waals surface area contributed by atoms with E-state index in [0.717, 1.165) is 22.5 Å². The van der Waals surface area contributed by atoms with E-state index in [4.69, 9.17) is 4.84 Å². The van der Waals surface area contributed by atoms with Crippen LogP contribution in [0.1, 0.15) is 30.5 Å². The Bertz CT molecular complexity index is 1030. The quantitative estimate of drug-likeness (QED) is 0.697. The first-order valence-electron chi connectivity index (χ1n) is 9.45. The van der Waals surface area contributed by atoms with Gasteiger partial charge < -0.3 is 10.2 Å². The van der Waals surface area contributed by atoms with Gasteiger partial charge in [-0.1, -0.05) is 35.5 Å². The number of aromatic nitrogens is 2. The average Bonchev–Trinajstić information content (AvgIpc) is 3.39. The minimum absolute atomic E-state index is 0.226. The van der Waals surface area contributed by atoms with Crippen molar-refractivity contribution < 1.29 is 14.0 Å². The van der Waals surface area contributed by atoms with E-state index in [1.54, 1.807) is 16.9 Å². The predicted molar refractivity (Wildman–Crippen MR) is 107 cm³/mol. The number of amides is 1. The predicted octanol–water partition coefficient (Wildman–Crippen LogP) is 3.58. The van der Waals surface area contributed by atoms with Crippen molar-refractivity contribution in [1.82, 2.24) is 15.1 Å². The van der Waals surface area contributed by atoms with Crippen molar-refractivity contribution >= 4 is 11.6 Å². The molecule has 0 bridgehead atoms. The van der Waals surface area contributed by atoms with Gasteiger partial charge in [-0.2, -0.15) is 5.10 Å². The number of nitrogens with zero attached hydrogens (tertiary/aromatic N) is 3. The number of hydrogen-bond acceptors (Lipinski definition) is 4. The Morgan fingerprint density at radius 2 is 2.10 bits per heavy atom. The SMILES string of the molecule is C[C@@H](NC(=O)[C@H]1CC(Cc2cccc(F)c2)=NO1)c1cnn(-c2ccccc2)c1. The lowest BCUT2D eigenvalue weighted by Crippen LogP contribution is -2.36. The third kappa shape index (κ3) is 4.51. The number of halogens is 1. The number of carbonyl (C=O) groups excluding carboxylic acids is 1. The second kappa shape index (κ2) is 8.26. The Labute approximate surface area is 168 Å². The zero-order chi connectivity index (χ0) is 20.2. The molecule has 0 saturated carbocycles. The van der Waals surface area contributed by atoms with E-state index in [1.165, 1.54) is 12.1 Å². The van der Waals surface area contributed by atoms with Crippen LogP contribution in [0.25, 0.3) is 5.69 Å². The molecule has 1 aliphatic heterocycles. The molecule has 1 amide bonds. The molecule has 0 aliphatic carbocycles. The summed E-state index contributed by atoms with van der Waals surface area (Å²) in [5, 5.41) is 11.3. The lowest BCUT2D eigenvalue weighted by atomic mass is 10.0. The molecule has 2 atom stereocenters. The van der Waals surface area contributed by atoms with Crippen LogP contribution in [-0.4, -0.2) is 27.5 Å². The fourth-order valence-electron chi connectivity index (χ4n) is 3.23. The summed E-state index contributed by atoms with van der Waals surface area (Å²) in [4.78, 5) is 17.9. The van der Waals surface area contributed by atoms with Gasteiger partial charge in [-0.05, 0) is 36.8 Å². The number of carbonyl (C=O) groups is 1. The van der Waals surface area contributed by atoms with Crippen LogP contribution in [0.5, 0.6) is 0 Å². The molecule has 1 aliphatic rings. The van der Waals surface area contributed by atoms with Crippen LogP contribution < -0.4 is 5.32 Å². The number of benzene rings is 2. The van der Waals surface area contributed by atoms with E-state index in [9.17, 15) is 9.18 Å². The highest BCUT2D eigenvalue weighted by molar-refractivity contribution is 5.94. The summed E-state index contributed by atoms with van der Waals surface area (Å²) >= 11 is 0. The lowest BCUT2D eigenvalue weighted by Gasteiger charge is -2.14. The Kier molecular flexibility index (Phi) is 5.37. The summed E-state index contributed by atoms with van der Waals surface area (Å²) < 4.78 is 15.1. The molecular weight excluding hydrogens is 371 g/mol. The fourth-order valence-corrected chi connectivity index (χ4v) is 3.23. The zero-order valence-corrected chi connectivity index (χ0v) is 16.0. The monoisotopic (exact) mass is 392 g/mol. The van der Waals surface area contributed by atoms with E-state index in [-0.39, 0.29) is 17.8 Å². The molecule has 6 nitrogen and oxygen atoms in total. The molecule has 0 fully saturated rings. The molecule has 0 saturated heterocycles. The largest absolute Gasteiger partial charge is 0.382 e. The fraction of sp³-hybridized carbons (Fsp3) is 0.227. The molecule has 4 rings (SSSR count). The molecular formula is C22H21FN4O2. The van der Waals surface area contributed by atoms with E-state index in [0.29, 0.717) is 12.8 Å². The minimum Gasteiger partial charge on any atom is -0.382 e. The van der Waals surface area contributed by atoms with Crippen LogP contribution in [-0.2, 0) is 16.1 Å². The highest BCUT2D eigenvalue weighted by Crippen LogP contribution is 2.18. The summed E-state index contributed by atoms with van der Waals surface area (Å²) in [6.45, 7) is 1.90. The first-order chi connectivity index (χ1) is 14.1. The van der Waals surface area contributed by atoms with Crippen LogP contribution in [0, 0.1) is 5.82 Å². The second-order valence-electron chi connectivity index (χ2n) is 7.05. The van der Waals surface area contributed by atoms with E-state index in [1.807, 2.05) is 49.5 Å². The first-order valence-corrected chi connectivity index (χ1v) is 9.45. The highest BCUT2D eigenvalue weighted by atomic mass is 19.1. The Morgan fingerprint density at radius 1 is 1.28 bits per heavy atom. The summed E-state index contributed by atoms with van der Waals surface area (Å²) in [7, 11) is 0. The second-order valence-corrected chi connectivity index (χ2v) is 7.05. The van der Waals surface area contributed by atoms with Crippen LogP contribution in [0.4, 0.5) is 4.39 Å². The number of nitrogens with one attached hydrogen (secondary N) is 1. The van der Waals surface area contributed by atoms with Crippen molar-refractivity contribution in [2.45, 2.75) is 31.9 Å². The molecule has 7 heteroatoms. The van der Waals surface area contributed by atoms with Crippen molar-refractivity contribution in [3.63, 3.8) is 0 Å². The first kappa shape index (κ1) is 18.9. The Morgan fingerprint density at radius 3 is 2.90 bits per heavy atom. The number of rotatable bonds is 6. The van der Waals surface area contributed by atoms with Gasteiger partial charge in [-0.25, -0.2) is 9.07 Å². The topological polar surface area (TPSA) is 68.5 Å². The summed E-state index contributed by atoms with van der Waals surface area (Å²) in [5.41, 5.74) is 3.36. The van der Waals surface area contributed by atoms with Gasteiger partial charge in [0.05, 0.1) is 23.6 Å². The van der Waals surface area contributed by atoms with Gasteiger partial charge in [-0.15, -0.1) is 0 Å². The third-order valence-electron chi connectivity index (χ3n) is 4.80. The van der Waals surface area contributed by atoms with Crippen LogP contribution in [0.15, 0.2) is 72.1 Å². The summed E-state index contributed by atoms with van der Waals surface area (Å²) in [5.74, 6) is -0.524. The maximum atomic E-state index is 13.3. The molecule has 2 aromatic carbocycles. The van der Waals surface area contributed by atoms with Crippen molar-refractivity contribution in [3.8, 4) is 5.69 Å². The standard InChI is InChI=1S/C22H21FN4O2/c1-15(17-13-24-27(14-17)20-8-3-2-4-9-20)25-22(28)21-12-19(26-29-21)11-16-6-5-7-18(23)10-16/h2-10,13-15,21H,11-12H2,1H3,(H,25,28)/t15-,21-/m1/s1. The van der Waals surface area contributed by atoms with E-state index >= 15 is 0 Å². The summed E-state index contributed by atoms with van der Waals surface area (Å²) in [6, 6.07) is 15.9. The smallest absolute Gasteiger partial charge is 0.264 e. The van der Waals surface area contributed by atoms with Crippen molar-refractivity contribution in [2.24, 2.45) is 5.16 Å². The van der Waals surface area contributed by atoms with E-state index in [2.05, 4.69) is 15.6 Å². The molecule has 0 spiro atoms. The van der Waals surface area contributed by atoms with Crippen LogP contribution >= 0.6 is 0 Å². The third-order valence-corrected chi connectivity index (χ3v) is 4.80. The van der Waals surface area contributed by atoms with Gasteiger partial charge >= 0.3 is 0 Å². The van der Waals surface area contributed by atoms with Crippen LogP contribution in [0.2, 0.25) is 0 Å². The van der Waals surface area contributed by atoms with Crippen molar-refractivity contribution in [1.29, 1.82) is 0 Å². The zero-order valence-electron chi connectivity index (χ0n) is 16.0.